The van der Waals surface area contributed by atoms with E-state index in [-0.39, 0.29) is 5.54 Å². The number of benzene rings is 1. The summed E-state index contributed by atoms with van der Waals surface area (Å²) < 4.78 is 11.0. The first-order valence-corrected chi connectivity index (χ1v) is 5.67. The van der Waals surface area contributed by atoms with Gasteiger partial charge >= 0.3 is 0 Å². The average molecular weight is 233 g/mol. The lowest BCUT2D eigenvalue weighted by atomic mass is 10.0. The summed E-state index contributed by atoms with van der Waals surface area (Å²) in [5, 5.41) is 3.28. The van der Waals surface area contributed by atoms with Gasteiger partial charge in [-0.25, -0.2) is 0 Å². The number of hydrogen-bond acceptors (Lipinski definition) is 5. The Morgan fingerprint density at radius 2 is 2.35 bits per heavy atom. The summed E-state index contributed by atoms with van der Waals surface area (Å²) in [7, 11) is 0. The van der Waals surface area contributed by atoms with Crippen molar-refractivity contribution in [3.05, 3.63) is 18.2 Å². The number of fused-ring (bicyclic) bond motifs is 1. The first kappa shape index (κ1) is 10.4. The molecule has 1 saturated heterocycles. The molecule has 1 unspecified atom stereocenters. The molecule has 1 fully saturated rings. The van der Waals surface area contributed by atoms with Crippen LogP contribution in [0.2, 0.25) is 0 Å². The van der Waals surface area contributed by atoms with Gasteiger partial charge < -0.3 is 20.2 Å². The van der Waals surface area contributed by atoms with Crippen LogP contribution in [0.25, 0.3) is 11.1 Å². The highest BCUT2D eigenvalue weighted by Crippen LogP contribution is 2.26. The Labute approximate surface area is 98.9 Å². The summed E-state index contributed by atoms with van der Waals surface area (Å²) in [4.78, 5) is 4.37. The van der Waals surface area contributed by atoms with E-state index in [2.05, 4.69) is 17.2 Å². The first-order chi connectivity index (χ1) is 8.15. The van der Waals surface area contributed by atoms with Crippen LogP contribution in [-0.4, -0.2) is 23.7 Å². The smallest absolute Gasteiger partial charge is 0.296 e. The largest absolute Gasteiger partial charge is 0.424 e. The van der Waals surface area contributed by atoms with Gasteiger partial charge in [-0.3, -0.25) is 0 Å². The van der Waals surface area contributed by atoms with Gasteiger partial charge in [0.1, 0.15) is 5.52 Å². The zero-order valence-corrected chi connectivity index (χ0v) is 9.69. The predicted octanol–water partition coefficient (Wildman–Crippen LogP) is 2.00. The van der Waals surface area contributed by atoms with E-state index in [0.717, 1.165) is 24.1 Å². The van der Waals surface area contributed by atoms with E-state index in [1.54, 1.807) is 12.1 Å². The number of nitrogens with two attached hydrogens (primary N) is 1. The summed E-state index contributed by atoms with van der Waals surface area (Å²) in [5.74, 6) is 0. The lowest BCUT2D eigenvalue weighted by Gasteiger charge is -2.21. The zero-order valence-electron chi connectivity index (χ0n) is 9.69. The molecule has 3 rings (SSSR count). The fourth-order valence-electron chi connectivity index (χ4n) is 2.02. The monoisotopic (exact) mass is 233 g/mol. The normalized spacial score (nSPS) is 24.3. The molecule has 0 radical (unpaired) electrons. The van der Waals surface area contributed by atoms with Gasteiger partial charge in [-0.05, 0) is 31.5 Å². The van der Waals surface area contributed by atoms with Crippen molar-refractivity contribution in [1.29, 1.82) is 0 Å². The molecule has 0 spiro atoms. The van der Waals surface area contributed by atoms with Crippen molar-refractivity contribution in [2.24, 2.45) is 0 Å². The minimum Gasteiger partial charge on any atom is -0.424 e. The highest BCUT2D eigenvalue weighted by Gasteiger charge is 2.30. The van der Waals surface area contributed by atoms with E-state index in [1.165, 1.54) is 0 Å². The molecule has 0 aliphatic carbocycles. The molecular formula is C12H15N3O2. The molecule has 1 aromatic heterocycles. The van der Waals surface area contributed by atoms with Gasteiger partial charge in [0.05, 0.1) is 12.1 Å². The molecule has 0 bridgehead atoms. The molecule has 0 amide bonds. The van der Waals surface area contributed by atoms with Crippen LogP contribution in [0.1, 0.15) is 13.3 Å². The number of aromatic nitrogens is 1. The highest BCUT2D eigenvalue weighted by molar-refractivity contribution is 5.78. The Kier molecular flexibility index (Phi) is 2.22. The van der Waals surface area contributed by atoms with E-state index in [4.69, 9.17) is 14.9 Å². The van der Waals surface area contributed by atoms with E-state index in [9.17, 15) is 0 Å². The van der Waals surface area contributed by atoms with Crippen molar-refractivity contribution >= 4 is 22.8 Å². The van der Waals surface area contributed by atoms with Gasteiger partial charge in [0.15, 0.2) is 5.58 Å². The van der Waals surface area contributed by atoms with Gasteiger partial charge in [0.2, 0.25) is 0 Å². The predicted molar refractivity (Wildman–Crippen MR) is 65.9 cm³/mol. The second-order valence-corrected chi connectivity index (χ2v) is 4.73. The van der Waals surface area contributed by atoms with Crippen molar-refractivity contribution < 1.29 is 9.15 Å². The molecule has 1 aliphatic heterocycles. The summed E-state index contributed by atoms with van der Waals surface area (Å²) in [5.41, 5.74) is 7.81. The average Bonchev–Trinajstić information content (AvgIpc) is 2.84. The number of nitrogen functional groups attached to an aromatic ring is 1. The second kappa shape index (κ2) is 3.63. The maximum absolute atomic E-state index is 5.70. The minimum atomic E-state index is -0.0909. The summed E-state index contributed by atoms with van der Waals surface area (Å²) in [6.07, 6.45) is 0.952. The van der Waals surface area contributed by atoms with Crippen LogP contribution in [0, 0.1) is 0 Å². The quantitative estimate of drug-likeness (QED) is 0.776. The third kappa shape index (κ3) is 1.93. The van der Waals surface area contributed by atoms with Gasteiger partial charge in [-0.2, -0.15) is 4.98 Å². The van der Waals surface area contributed by atoms with Crippen LogP contribution in [0.15, 0.2) is 22.6 Å². The maximum atomic E-state index is 5.70. The van der Waals surface area contributed by atoms with Crippen molar-refractivity contribution in [1.82, 2.24) is 4.98 Å². The van der Waals surface area contributed by atoms with Crippen LogP contribution in [-0.2, 0) is 4.74 Å². The van der Waals surface area contributed by atoms with Crippen molar-refractivity contribution in [3.63, 3.8) is 0 Å². The van der Waals surface area contributed by atoms with Gasteiger partial charge in [-0.15, -0.1) is 0 Å². The molecule has 3 N–H and O–H groups in total. The number of nitrogens with one attached hydrogen (secondary N) is 1. The maximum Gasteiger partial charge on any atom is 0.296 e. The zero-order chi connectivity index (χ0) is 11.9. The molecule has 1 aliphatic rings. The first-order valence-electron chi connectivity index (χ1n) is 5.67. The topological polar surface area (TPSA) is 73.3 Å². The summed E-state index contributed by atoms with van der Waals surface area (Å²) in [6.45, 7) is 3.55. The Balaban J connectivity index is 1.90. The van der Waals surface area contributed by atoms with Crippen LogP contribution in [0.4, 0.5) is 11.7 Å². The number of oxazole rings is 1. The van der Waals surface area contributed by atoms with Crippen LogP contribution >= 0.6 is 0 Å². The lowest BCUT2D eigenvalue weighted by molar-refractivity contribution is 0.184. The standard InChI is InChI=1S/C12H15N3O2/c1-12(4-5-16-7-12)15-11-14-9-6-8(13)2-3-10(9)17-11/h2-3,6H,4-5,7,13H2,1H3,(H,14,15). The molecule has 2 heterocycles. The third-order valence-corrected chi connectivity index (χ3v) is 3.04. The molecule has 5 heteroatoms. The number of nitrogens with zero attached hydrogens (tertiary/aromatic N) is 1. The molecule has 90 valence electrons. The Morgan fingerprint density at radius 1 is 1.47 bits per heavy atom. The van der Waals surface area contributed by atoms with Gasteiger partial charge in [-0.1, -0.05) is 0 Å². The molecule has 17 heavy (non-hydrogen) atoms. The fourth-order valence-corrected chi connectivity index (χ4v) is 2.02. The van der Waals surface area contributed by atoms with Crippen molar-refractivity contribution in [2.75, 3.05) is 24.3 Å². The van der Waals surface area contributed by atoms with E-state index < -0.39 is 0 Å². The lowest BCUT2D eigenvalue weighted by Crippen LogP contribution is -2.35. The number of anilines is 2. The van der Waals surface area contributed by atoms with Crippen molar-refractivity contribution in [2.45, 2.75) is 18.9 Å². The molecular weight excluding hydrogens is 218 g/mol. The fraction of sp³-hybridized carbons (Fsp3) is 0.417. The number of hydrogen-bond donors (Lipinski definition) is 2. The van der Waals surface area contributed by atoms with Gasteiger partial charge in [0, 0.05) is 12.3 Å². The molecule has 5 nitrogen and oxygen atoms in total. The van der Waals surface area contributed by atoms with Crippen LogP contribution in [0.5, 0.6) is 0 Å². The summed E-state index contributed by atoms with van der Waals surface area (Å²) in [6, 6.07) is 5.96. The molecule has 1 aromatic carbocycles. The third-order valence-electron chi connectivity index (χ3n) is 3.04. The van der Waals surface area contributed by atoms with E-state index in [1.807, 2.05) is 6.07 Å². The van der Waals surface area contributed by atoms with Crippen molar-refractivity contribution in [3.8, 4) is 0 Å². The molecule has 2 aromatic rings. The summed E-state index contributed by atoms with van der Waals surface area (Å²) >= 11 is 0. The van der Waals surface area contributed by atoms with Gasteiger partial charge in [0.25, 0.3) is 6.01 Å². The van der Waals surface area contributed by atoms with Crippen LogP contribution < -0.4 is 11.1 Å². The van der Waals surface area contributed by atoms with E-state index >= 15 is 0 Å². The van der Waals surface area contributed by atoms with Crippen LogP contribution in [0.3, 0.4) is 0 Å². The SMILES string of the molecule is CC1(Nc2nc3cc(N)ccc3o2)CCOC1. The number of rotatable bonds is 2. The Hall–Kier alpha value is -1.75. The highest BCUT2D eigenvalue weighted by atomic mass is 16.5. The molecule has 1 atom stereocenters. The minimum absolute atomic E-state index is 0.0909. The Morgan fingerprint density at radius 3 is 3.12 bits per heavy atom. The number of ether oxygens (including phenoxy) is 1. The molecule has 0 saturated carbocycles. The van der Waals surface area contributed by atoms with E-state index in [0.29, 0.717) is 18.3 Å². The second-order valence-electron chi connectivity index (χ2n) is 4.73. The Bertz CT molecular complexity index is 544.